The fourth-order valence-corrected chi connectivity index (χ4v) is 4.23. The second kappa shape index (κ2) is 10.1. The summed E-state index contributed by atoms with van der Waals surface area (Å²) in [4.78, 5) is 26.4. The number of piperidine rings is 1. The molecule has 0 amide bonds. The van der Waals surface area contributed by atoms with Gasteiger partial charge in [0.15, 0.2) is 11.5 Å². The van der Waals surface area contributed by atoms with Crippen molar-refractivity contribution in [2.45, 2.75) is 78.4 Å². The lowest BCUT2D eigenvalue weighted by atomic mass is 9.91. The average Bonchev–Trinajstić information content (AvgIpc) is 3.02. The van der Waals surface area contributed by atoms with Crippen LogP contribution in [-0.4, -0.2) is 50.2 Å². The van der Waals surface area contributed by atoms with Crippen LogP contribution in [0.2, 0.25) is 0 Å². The summed E-state index contributed by atoms with van der Waals surface area (Å²) in [5, 5.41) is 0. The summed E-state index contributed by atoms with van der Waals surface area (Å²) in [6.07, 6.45) is 7.83. The summed E-state index contributed by atoms with van der Waals surface area (Å²) in [5.41, 5.74) is 6.90. The first-order valence-corrected chi connectivity index (χ1v) is 11.2. The van der Waals surface area contributed by atoms with Crippen molar-refractivity contribution in [3.8, 4) is 6.01 Å². The monoisotopic (exact) mass is 404 g/mol. The van der Waals surface area contributed by atoms with Gasteiger partial charge in [-0.05, 0) is 58.2 Å². The number of H-pyrrole nitrogens is 1. The molecule has 3 rings (SSSR count). The Morgan fingerprint density at radius 2 is 2.00 bits per heavy atom. The Balaban J connectivity index is 1.60. The van der Waals surface area contributed by atoms with Crippen molar-refractivity contribution >= 4 is 17.0 Å². The minimum absolute atomic E-state index is 0.00934. The number of imidazole rings is 1. The Labute approximate surface area is 172 Å². The van der Waals surface area contributed by atoms with E-state index in [1.165, 1.54) is 32.4 Å². The van der Waals surface area contributed by atoms with E-state index >= 15 is 0 Å². The molecule has 1 fully saturated rings. The van der Waals surface area contributed by atoms with E-state index < -0.39 is 0 Å². The van der Waals surface area contributed by atoms with Crippen LogP contribution in [0.4, 0.5) is 5.82 Å². The number of nitrogen functional groups attached to an aromatic ring is 1. The number of rotatable bonds is 10. The number of aromatic amines is 1. The highest BCUT2D eigenvalue weighted by Gasteiger charge is 2.18. The van der Waals surface area contributed by atoms with E-state index in [0.717, 1.165) is 38.1 Å². The summed E-state index contributed by atoms with van der Waals surface area (Å²) < 4.78 is 7.47. The lowest BCUT2D eigenvalue weighted by molar-refractivity contribution is 0.184. The van der Waals surface area contributed by atoms with Crippen molar-refractivity contribution in [3.05, 3.63) is 10.5 Å². The first kappa shape index (κ1) is 21.6. The molecule has 8 nitrogen and oxygen atoms in total. The number of nitrogens with one attached hydrogen (secondary N) is 1. The Bertz CT molecular complexity index is 838. The predicted molar refractivity (Wildman–Crippen MR) is 116 cm³/mol. The fourth-order valence-electron chi connectivity index (χ4n) is 4.23. The number of hydrogen-bond acceptors (Lipinski definition) is 6. The fraction of sp³-hybridized carbons (Fsp3) is 0.762. The van der Waals surface area contributed by atoms with Gasteiger partial charge in [0.1, 0.15) is 5.52 Å². The van der Waals surface area contributed by atoms with Crippen molar-refractivity contribution in [1.82, 2.24) is 24.4 Å². The summed E-state index contributed by atoms with van der Waals surface area (Å²) in [5.74, 6) is 1.07. The van der Waals surface area contributed by atoms with Crippen molar-refractivity contribution in [1.29, 1.82) is 0 Å². The molecule has 0 radical (unpaired) electrons. The quantitative estimate of drug-likeness (QED) is 0.590. The van der Waals surface area contributed by atoms with Crippen molar-refractivity contribution < 1.29 is 4.74 Å². The maximum absolute atomic E-state index is 12.4. The molecule has 1 saturated heterocycles. The summed E-state index contributed by atoms with van der Waals surface area (Å²) in [6.45, 7) is 10.6. The van der Waals surface area contributed by atoms with Crippen LogP contribution in [0, 0.1) is 5.92 Å². The zero-order valence-electron chi connectivity index (χ0n) is 18.1. The SMILES string of the molecule is CCCC(C)Oc1nc(N)c2[nH]c(=O)n(CCCCC3CCN(CC)CC3)c2n1. The maximum Gasteiger partial charge on any atom is 0.327 e. The third-order valence-electron chi connectivity index (χ3n) is 6.03. The number of unbranched alkanes of at least 4 members (excludes halogenated alkanes) is 1. The van der Waals surface area contributed by atoms with Gasteiger partial charge in [0, 0.05) is 6.54 Å². The minimum atomic E-state index is -0.184. The molecular formula is C21H36N6O2. The second-order valence-corrected chi connectivity index (χ2v) is 8.26. The number of nitrogens with two attached hydrogens (primary N) is 1. The Kier molecular flexibility index (Phi) is 7.52. The zero-order chi connectivity index (χ0) is 20.8. The molecule has 162 valence electrons. The topological polar surface area (TPSA) is 102 Å². The van der Waals surface area contributed by atoms with Gasteiger partial charge in [-0.15, -0.1) is 0 Å². The molecule has 0 spiro atoms. The van der Waals surface area contributed by atoms with E-state index in [9.17, 15) is 4.79 Å². The lowest BCUT2D eigenvalue weighted by Crippen LogP contribution is -2.33. The van der Waals surface area contributed by atoms with E-state index in [1.807, 2.05) is 6.92 Å². The lowest BCUT2D eigenvalue weighted by Gasteiger charge is -2.31. The Hall–Kier alpha value is -2.09. The molecule has 0 bridgehead atoms. The first-order valence-electron chi connectivity index (χ1n) is 11.2. The van der Waals surface area contributed by atoms with Gasteiger partial charge in [0.2, 0.25) is 0 Å². The summed E-state index contributed by atoms with van der Waals surface area (Å²) >= 11 is 0. The van der Waals surface area contributed by atoms with E-state index in [-0.39, 0.29) is 23.6 Å². The largest absolute Gasteiger partial charge is 0.460 e. The molecule has 1 aliphatic heterocycles. The van der Waals surface area contributed by atoms with Crippen LogP contribution in [0.25, 0.3) is 11.2 Å². The molecule has 1 atom stereocenters. The number of aromatic nitrogens is 4. The summed E-state index contributed by atoms with van der Waals surface area (Å²) in [6, 6.07) is 0.242. The highest BCUT2D eigenvalue weighted by atomic mass is 16.5. The Morgan fingerprint density at radius 3 is 2.69 bits per heavy atom. The normalized spacial score (nSPS) is 17.1. The highest BCUT2D eigenvalue weighted by molar-refractivity contribution is 5.81. The number of likely N-dealkylation sites (tertiary alicyclic amines) is 1. The third kappa shape index (κ3) is 5.50. The third-order valence-corrected chi connectivity index (χ3v) is 6.03. The number of ether oxygens (including phenoxy) is 1. The van der Waals surface area contributed by atoms with Crippen LogP contribution in [0.1, 0.15) is 65.7 Å². The summed E-state index contributed by atoms with van der Waals surface area (Å²) in [7, 11) is 0. The average molecular weight is 405 g/mol. The van der Waals surface area contributed by atoms with Crippen LogP contribution in [0.5, 0.6) is 6.01 Å². The number of anilines is 1. The molecule has 8 heteroatoms. The number of nitrogens with zero attached hydrogens (tertiary/aromatic N) is 4. The van der Waals surface area contributed by atoms with Gasteiger partial charge in [0.25, 0.3) is 0 Å². The molecule has 1 unspecified atom stereocenters. The molecule has 3 N–H and O–H groups in total. The second-order valence-electron chi connectivity index (χ2n) is 8.26. The molecule has 0 aliphatic carbocycles. The zero-order valence-corrected chi connectivity index (χ0v) is 18.1. The van der Waals surface area contributed by atoms with Gasteiger partial charge in [0.05, 0.1) is 6.10 Å². The van der Waals surface area contributed by atoms with Crippen LogP contribution in [0.15, 0.2) is 4.79 Å². The van der Waals surface area contributed by atoms with E-state index in [0.29, 0.717) is 17.7 Å². The van der Waals surface area contributed by atoms with Gasteiger partial charge in [-0.2, -0.15) is 9.97 Å². The predicted octanol–water partition coefficient (Wildman–Crippen LogP) is 3.17. The molecule has 0 saturated carbocycles. The molecule has 3 heterocycles. The highest BCUT2D eigenvalue weighted by Crippen LogP contribution is 2.23. The van der Waals surface area contributed by atoms with Gasteiger partial charge >= 0.3 is 11.7 Å². The van der Waals surface area contributed by atoms with Crippen LogP contribution < -0.4 is 16.2 Å². The molecule has 0 aromatic carbocycles. The number of aryl methyl sites for hydroxylation is 1. The van der Waals surface area contributed by atoms with Gasteiger partial charge in [-0.25, -0.2) is 4.79 Å². The van der Waals surface area contributed by atoms with Crippen LogP contribution in [-0.2, 0) is 6.54 Å². The molecular weight excluding hydrogens is 368 g/mol. The van der Waals surface area contributed by atoms with Crippen LogP contribution >= 0.6 is 0 Å². The van der Waals surface area contributed by atoms with E-state index in [2.05, 4.69) is 33.7 Å². The Morgan fingerprint density at radius 1 is 1.24 bits per heavy atom. The molecule has 2 aromatic heterocycles. The first-order chi connectivity index (χ1) is 14.0. The molecule has 29 heavy (non-hydrogen) atoms. The van der Waals surface area contributed by atoms with Crippen LogP contribution in [0.3, 0.4) is 0 Å². The van der Waals surface area contributed by atoms with Gasteiger partial charge in [-0.3, -0.25) is 4.57 Å². The molecule has 2 aromatic rings. The van der Waals surface area contributed by atoms with Gasteiger partial charge in [-0.1, -0.05) is 33.1 Å². The minimum Gasteiger partial charge on any atom is -0.460 e. The smallest absolute Gasteiger partial charge is 0.327 e. The van der Waals surface area contributed by atoms with Gasteiger partial charge < -0.3 is 20.4 Å². The number of fused-ring (bicyclic) bond motifs is 1. The standard InChI is InChI=1S/C21H36N6O2/c1-4-8-15(3)29-20-24-18(22)17-19(25-20)27(21(28)23-17)12-7-6-9-16-10-13-26(5-2)14-11-16/h15-16H,4-14H2,1-3H3,(H,23,28)(H2,22,24,25). The number of hydrogen-bond donors (Lipinski definition) is 2. The van der Waals surface area contributed by atoms with Crippen molar-refractivity contribution in [2.24, 2.45) is 5.92 Å². The van der Waals surface area contributed by atoms with E-state index in [1.54, 1.807) is 4.57 Å². The maximum atomic E-state index is 12.4. The molecule has 1 aliphatic rings. The van der Waals surface area contributed by atoms with Crippen molar-refractivity contribution in [3.63, 3.8) is 0 Å². The van der Waals surface area contributed by atoms with E-state index in [4.69, 9.17) is 10.5 Å². The van der Waals surface area contributed by atoms with Crippen molar-refractivity contribution in [2.75, 3.05) is 25.4 Å².